The van der Waals surface area contributed by atoms with Crippen LogP contribution in [0.5, 0.6) is 0 Å². The predicted octanol–water partition coefficient (Wildman–Crippen LogP) is 0.160. The Balaban J connectivity index is 2.71. The summed E-state index contributed by atoms with van der Waals surface area (Å²) in [6, 6.07) is 0. The summed E-state index contributed by atoms with van der Waals surface area (Å²) in [5.74, 6) is 5.02. The fourth-order valence-electron chi connectivity index (χ4n) is 0.698. The number of aryl methyl sites for hydroxylation is 1. The summed E-state index contributed by atoms with van der Waals surface area (Å²) < 4.78 is 0. The third-order valence-corrected chi connectivity index (χ3v) is 2.32. The normalized spacial score (nSPS) is 13.4. The molecule has 0 aliphatic carbocycles. The number of hydrogen-bond donors (Lipinski definition) is 3. The van der Waals surface area contributed by atoms with Crippen molar-refractivity contribution in [3.63, 3.8) is 0 Å². The van der Waals surface area contributed by atoms with Crippen LogP contribution in [0.1, 0.15) is 23.9 Å². The van der Waals surface area contributed by atoms with Gasteiger partial charge in [-0.15, -0.1) is 11.3 Å². The Morgan fingerprint density at radius 2 is 2.64 bits per heavy atom. The van der Waals surface area contributed by atoms with Crippen molar-refractivity contribution in [2.45, 2.75) is 19.6 Å². The molecule has 0 saturated carbocycles. The smallest absolute Gasteiger partial charge is 0.161 e. The van der Waals surface area contributed by atoms with Gasteiger partial charge >= 0.3 is 0 Å². The van der Waals surface area contributed by atoms with E-state index in [1.807, 2.05) is 6.92 Å². The third-order valence-electron chi connectivity index (χ3n) is 1.31. The summed E-state index contributed by atoms with van der Waals surface area (Å²) in [4.78, 5) is 4.13. The van der Waals surface area contributed by atoms with Gasteiger partial charge in [0.2, 0.25) is 0 Å². The molecule has 0 bridgehead atoms. The fourth-order valence-corrected chi connectivity index (χ4v) is 1.46. The number of rotatable bonds is 3. The van der Waals surface area contributed by atoms with Crippen LogP contribution in [0.4, 0.5) is 0 Å². The molecule has 0 aromatic carbocycles. The van der Waals surface area contributed by atoms with Crippen LogP contribution >= 0.6 is 11.3 Å². The molecule has 4 N–H and O–H groups in total. The first-order valence-electron chi connectivity index (χ1n) is 3.36. The van der Waals surface area contributed by atoms with E-state index in [9.17, 15) is 0 Å². The number of nitrogens with two attached hydrogens (primary N) is 1. The van der Waals surface area contributed by atoms with Crippen LogP contribution in [-0.4, -0.2) is 10.1 Å². The van der Waals surface area contributed by atoms with E-state index in [2.05, 4.69) is 10.4 Å². The van der Waals surface area contributed by atoms with Gasteiger partial charge in [0.05, 0.1) is 10.7 Å². The molecule has 0 amide bonds. The number of nitrogens with zero attached hydrogens (tertiary/aromatic N) is 1. The zero-order chi connectivity index (χ0) is 8.27. The van der Waals surface area contributed by atoms with Crippen LogP contribution in [0.3, 0.4) is 0 Å². The maximum absolute atomic E-state index is 9.15. The largest absolute Gasteiger partial charge is 0.371 e. The Labute approximate surface area is 69.0 Å². The van der Waals surface area contributed by atoms with Crippen LogP contribution in [0.25, 0.3) is 0 Å². The molecule has 0 fully saturated rings. The highest BCUT2D eigenvalue weighted by molar-refractivity contribution is 7.09. The van der Waals surface area contributed by atoms with Gasteiger partial charge in [0, 0.05) is 5.38 Å². The van der Waals surface area contributed by atoms with Gasteiger partial charge in [0.15, 0.2) is 6.23 Å². The Hall–Kier alpha value is -0.490. The van der Waals surface area contributed by atoms with Gasteiger partial charge in [-0.1, -0.05) is 6.92 Å². The molecule has 0 spiro atoms. The van der Waals surface area contributed by atoms with Gasteiger partial charge in [-0.05, 0) is 6.42 Å². The van der Waals surface area contributed by atoms with Gasteiger partial charge in [0.1, 0.15) is 0 Å². The van der Waals surface area contributed by atoms with E-state index >= 15 is 0 Å². The van der Waals surface area contributed by atoms with Gasteiger partial charge in [-0.2, -0.15) is 0 Å². The zero-order valence-corrected chi connectivity index (χ0v) is 7.06. The summed E-state index contributed by atoms with van der Waals surface area (Å²) in [5, 5.41) is 11.9. The molecule has 62 valence electrons. The average molecular weight is 173 g/mol. The summed E-state index contributed by atoms with van der Waals surface area (Å²) >= 11 is 1.53. The molecule has 1 aromatic heterocycles. The second-order valence-electron chi connectivity index (χ2n) is 2.09. The number of nitrogens with one attached hydrogen (secondary N) is 1. The first-order valence-corrected chi connectivity index (χ1v) is 4.24. The lowest BCUT2D eigenvalue weighted by molar-refractivity contribution is 0.136. The van der Waals surface area contributed by atoms with Crippen molar-refractivity contribution in [2.75, 3.05) is 0 Å². The van der Waals surface area contributed by atoms with E-state index in [-0.39, 0.29) is 0 Å². The molecular formula is C6H11N3OS. The predicted molar refractivity (Wildman–Crippen MR) is 43.8 cm³/mol. The lowest BCUT2D eigenvalue weighted by atomic mass is 10.4. The van der Waals surface area contributed by atoms with Crippen molar-refractivity contribution >= 4 is 11.3 Å². The summed E-state index contributed by atoms with van der Waals surface area (Å²) in [6.07, 6.45) is 0.0497. The van der Waals surface area contributed by atoms with E-state index in [0.717, 1.165) is 11.4 Å². The van der Waals surface area contributed by atoms with Crippen molar-refractivity contribution in [3.8, 4) is 0 Å². The Kier molecular flexibility index (Phi) is 2.95. The number of thiazole rings is 1. The molecule has 11 heavy (non-hydrogen) atoms. The van der Waals surface area contributed by atoms with Crippen molar-refractivity contribution in [1.82, 2.24) is 10.4 Å². The molecule has 0 saturated heterocycles. The lowest BCUT2D eigenvalue weighted by Gasteiger charge is -2.03. The Bertz CT molecular complexity index is 225. The van der Waals surface area contributed by atoms with Gasteiger partial charge in [0.25, 0.3) is 0 Å². The van der Waals surface area contributed by atoms with Gasteiger partial charge in [-0.25, -0.2) is 10.4 Å². The minimum absolute atomic E-state index is 0.592. The number of aromatic nitrogens is 1. The second-order valence-corrected chi connectivity index (χ2v) is 3.03. The molecule has 0 aliphatic rings. The quantitative estimate of drug-likeness (QED) is 0.346. The minimum atomic E-state index is -0.841. The highest BCUT2D eigenvalue weighted by atomic mass is 32.1. The fraction of sp³-hybridized carbons (Fsp3) is 0.500. The van der Waals surface area contributed by atoms with Crippen molar-refractivity contribution in [1.29, 1.82) is 0 Å². The topological polar surface area (TPSA) is 71.2 Å². The third kappa shape index (κ3) is 1.97. The molecule has 4 nitrogen and oxygen atoms in total. The molecular weight excluding hydrogens is 162 g/mol. The van der Waals surface area contributed by atoms with E-state index < -0.39 is 6.23 Å². The van der Waals surface area contributed by atoms with E-state index in [4.69, 9.17) is 10.9 Å². The molecule has 0 radical (unpaired) electrons. The average Bonchev–Trinajstić information content (AvgIpc) is 2.50. The second kappa shape index (κ2) is 3.77. The number of hydrazine groups is 1. The van der Waals surface area contributed by atoms with E-state index in [1.54, 1.807) is 5.38 Å². The van der Waals surface area contributed by atoms with Crippen LogP contribution < -0.4 is 11.3 Å². The molecule has 1 aromatic rings. The maximum atomic E-state index is 9.15. The first kappa shape index (κ1) is 8.61. The van der Waals surface area contributed by atoms with Crippen LogP contribution in [0.2, 0.25) is 0 Å². The molecule has 1 atom stereocenters. The van der Waals surface area contributed by atoms with Crippen molar-refractivity contribution in [3.05, 3.63) is 16.1 Å². The van der Waals surface area contributed by atoms with Crippen LogP contribution in [0, 0.1) is 0 Å². The monoisotopic (exact) mass is 173 g/mol. The number of aliphatic hydroxyl groups is 1. The summed E-state index contributed by atoms with van der Waals surface area (Å²) in [7, 11) is 0. The lowest BCUT2D eigenvalue weighted by Crippen LogP contribution is -2.27. The molecule has 1 unspecified atom stereocenters. The summed E-state index contributed by atoms with van der Waals surface area (Å²) in [5.41, 5.74) is 2.81. The summed E-state index contributed by atoms with van der Waals surface area (Å²) in [6.45, 7) is 2.02. The maximum Gasteiger partial charge on any atom is 0.161 e. The molecule has 0 aliphatic heterocycles. The Morgan fingerprint density at radius 1 is 1.91 bits per heavy atom. The van der Waals surface area contributed by atoms with Crippen LogP contribution in [-0.2, 0) is 6.42 Å². The standard InChI is InChI=1S/C6H11N3OS/c1-2-5-8-4(3-11-5)6(10)9-7/h3,6,9-10H,2,7H2,1H3. The number of aliphatic hydroxyl groups excluding tert-OH is 1. The molecule has 1 rings (SSSR count). The van der Waals surface area contributed by atoms with E-state index in [1.165, 1.54) is 11.3 Å². The van der Waals surface area contributed by atoms with Gasteiger partial charge in [-0.3, -0.25) is 5.84 Å². The highest BCUT2D eigenvalue weighted by Gasteiger charge is 2.07. The Morgan fingerprint density at radius 3 is 3.09 bits per heavy atom. The molecule has 5 heteroatoms. The SMILES string of the molecule is CCc1nc(C(O)NN)cs1. The van der Waals surface area contributed by atoms with E-state index in [0.29, 0.717) is 5.69 Å². The van der Waals surface area contributed by atoms with Gasteiger partial charge < -0.3 is 5.11 Å². The van der Waals surface area contributed by atoms with Crippen LogP contribution in [0.15, 0.2) is 5.38 Å². The first-order chi connectivity index (χ1) is 5.27. The number of hydrogen-bond acceptors (Lipinski definition) is 5. The zero-order valence-electron chi connectivity index (χ0n) is 6.24. The molecule has 1 heterocycles. The van der Waals surface area contributed by atoms with Crippen molar-refractivity contribution < 1.29 is 5.11 Å². The van der Waals surface area contributed by atoms with Crippen molar-refractivity contribution in [2.24, 2.45) is 5.84 Å². The highest BCUT2D eigenvalue weighted by Crippen LogP contribution is 2.14. The minimum Gasteiger partial charge on any atom is -0.371 e.